The monoisotopic (exact) mass is 357 g/mol. The Bertz CT molecular complexity index is 735. The van der Waals surface area contributed by atoms with Gasteiger partial charge in [-0.2, -0.15) is 0 Å². The summed E-state index contributed by atoms with van der Waals surface area (Å²) in [5, 5.41) is 11.0. The van der Waals surface area contributed by atoms with Crippen molar-refractivity contribution in [3.63, 3.8) is 0 Å². The minimum absolute atomic E-state index is 0.0400. The summed E-state index contributed by atoms with van der Waals surface area (Å²) in [6.45, 7) is 6.01. The summed E-state index contributed by atoms with van der Waals surface area (Å²) in [5.74, 6) is 2.14. The molecule has 26 heavy (non-hydrogen) atoms. The van der Waals surface area contributed by atoms with Gasteiger partial charge >= 0.3 is 6.03 Å². The van der Waals surface area contributed by atoms with Gasteiger partial charge in [0, 0.05) is 19.1 Å². The number of likely N-dealkylation sites (tertiary alicyclic amines) is 1. The molecule has 7 nitrogen and oxygen atoms in total. The van der Waals surface area contributed by atoms with Crippen molar-refractivity contribution in [2.75, 3.05) is 20.2 Å². The molecule has 1 aromatic carbocycles. The fourth-order valence-corrected chi connectivity index (χ4v) is 3.49. The number of hydrogen-bond donors (Lipinski definition) is 1. The van der Waals surface area contributed by atoms with Crippen molar-refractivity contribution in [3.05, 3.63) is 42.0 Å². The molecule has 3 rings (SSSR count). The number of hydrogen-bond acceptors (Lipinski definition) is 4. The first-order valence-electron chi connectivity index (χ1n) is 9.14. The molecular formula is C19H27N5O2. The molecule has 0 atom stereocenters. The minimum atomic E-state index is -0.0400. The van der Waals surface area contributed by atoms with Crippen LogP contribution in [0.4, 0.5) is 4.79 Å². The number of urea groups is 1. The molecule has 0 unspecified atom stereocenters. The summed E-state index contributed by atoms with van der Waals surface area (Å²) in [5.41, 5.74) is 1.24. The molecule has 1 aliphatic rings. The summed E-state index contributed by atoms with van der Waals surface area (Å²) in [6, 6.07) is 8.38. The van der Waals surface area contributed by atoms with Crippen molar-refractivity contribution in [1.82, 2.24) is 25.0 Å². The van der Waals surface area contributed by atoms with Crippen molar-refractivity contribution < 1.29 is 9.53 Å². The van der Waals surface area contributed by atoms with Gasteiger partial charge in [-0.25, -0.2) is 4.79 Å². The Labute approximate surface area is 154 Å². The fourth-order valence-electron chi connectivity index (χ4n) is 3.49. The number of rotatable bonds is 5. The molecule has 1 saturated heterocycles. The number of nitrogens with zero attached hydrogens (tertiary/aromatic N) is 4. The van der Waals surface area contributed by atoms with E-state index in [0.717, 1.165) is 37.5 Å². The second-order valence-corrected chi connectivity index (χ2v) is 6.91. The first-order chi connectivity index (χ1) is 12.6. The highest BCUT2D eigenvalue weighted by molar-refractivity contribution is 5.74. The summed E-state index contributed by atoms with van der Waals surface area (Å²) >= 11 is 0. The Kier molecular flexibility index (Phi) is 5.75. The van der Waals surface area contributed by atoms with Crippen LogP contribution in [0.3, 0.4) is 0 Å². The van der Waals surface area contributed by atoms with E-state index in [-0.39, 0.29) is 12.1 Å². The van der Waals surface area contributed by atoms with Crippen LogP contribution in [0, 0.1) is 0 Å². The third-order valence-corrected chi connectivity index (χ3v) is 4.96. The van der Waals surface area contributed by atoms with E-state index in [0.29, 0.717) is 12.5 Å². The van der Waals surface area contributed by atoms with Gasteiger partial charge in [0.2, 0.25) is 0 Å². The average molecular weight is 357 g/mol. The van der Waals surface area contributed by atoms with E-state index in [1.165, 1.54) is 5.56 Å². The summed E-state index contributed by atoms with van der Waals surface area (Å²) in [6.07, 6.45) is 3.58. The Balaban J connectivity index is 1.53. The number of benzene rings is 1. The smallest absolute Gasteiger partial charge is 0.317 e. The van der Waals surface area contributed by atoms with Gasteiger partial charge in [-0.1, -0.05) is 18.2 Å². The van der Waals surface area contributed by atoms with Crippen molar-refractivity contribution in [2.24, 2.45) is 0 Å². The Morgan fingerprint density at radius 1 is 1.31 bits per heavy atom. The largest absolute Gasteiger partial charge is 0.496 e. The number of carbonyl (C=O) groups excluding carboxylic acids is 1. The predicted molar refractivity (Wildman–Crippen MR) is 99.2 cm³/mol. The SMILES string of the molecule is COc1ccccc1C1CCN(C(=O)NCc2nncn2C(C)C)CC1. The van der Waals surface area contributed by atoms with Gasteiger partial charge in [0.15, 0.2) is 5.82 Å². The number of methoxy groups -OCH3 is 1. The molecule has 0 saturated carbocycles. The van der Waals surface area contributed by atoms with Crippen LogP contribution in [0.2, 0.25) is 0 Å². The van der Waals surface area contributed by atoms with Crippen molar-refractivity contribution in [1.29, 1.82) is 0 Å². The van der Waals surface area contributed by atoms with Crippen LogP contribution >= 0.6 is 0 Å². The zero-order valence-electron chi connectivity index (χ0n) is 15.7. The van der Waals surface area contributed by atoms with E-state index in [1.807, 2.05) is 27.7 Å². The summed E-state index contributed by atoms with van der Waals surface area (Å²) in [7, 11) is 1.71. The molecule has 7 heteroatoms. The molecule has 140 valence electrons. The van der Waals surface area contributed by atoms with Crippen LogP contribution < -0.4 is 10.1 Å². The van der Waals surface area contributed by atoms with Crippen molar-refractivity contribution in [3.8, 4) is 5.75 Å². The van der Waals surface area contributed by atoms with Crippen LogP contribution in [0.25, 0.3) is 0 Å². The number of amides is 2. The third-order valence-electron chi connectivity index (χ3n) is 4.96. The zero-order chi connectivity index (χ0) is 18.5. The standard InChI is InChI=1S/C19H27N5O2/c1-14(2)24-13-21-22-18(24)12-20-19(25)23-10-8-15(9-11-23)16-6-4-5-7-17(16)26-3/h4-7,13-15H,8-12H2,1-3H3,(H,20,25). The Morgan fingerprint density at radius 3 is 2.73 bits per heavy atom. The van der Waals surface area contributed by atoms with E-state index >= 15 is 0 Å². The molecular weight excluding hydrogens is 330 g/mol. The summed E-state index contributed by atoms with van der Waals surface area (Å²) < 4.78 is 7.44. The van der Waals surface area contributed by atoms with Gasteiger partial charge in [0.05, 0.1) is 13.7 Å². The van der Waals surface area contributed by atoms with E-state index < -0.39 is 0 Å². The average Bonchev–Trinajstić information content (AvgIpc) is 3.15. The molecule has 1 fully saturated rings. The molecule has 1 aromatic heterocycles. The van der Waals surface area contributed by atoms with Crippen molar-refractivity contribution in [2.45, 2.75) is 45.2 Å². The summed E-state index contributed by atoms with van der Waals surface area (Å²) in [4.78, 5) is 14.4. The van der Waals surface area contributed by atoms with Gasteiger partial charge in [0.25, 0.3) is 0 Å². The maximum absolute atomic E-state index is 12.5. The number of piperidine rings is 1. The lowest BCUT2D eigenvalue weighted by Crippen LogP contribution is -2.44. The topological polar surface area (TPSA) is 72.3 Å². The maximum Gasteiger partial charge on any atom is 0.317 e. The van der Waals surface area contributed by atoms with Crippen LogP contribution in [-0.2, 0) is 6.54 Å². The van der Waals surface area contributed by atoms with Gasteiger partial charge in [-0.3, -0.25) is 0 Å². The Morgan fingerprint density at radius 2 is 2.04 bits per heavy atom. The van der Waals surface area contributed by atoms with Gasteiger partial charge < -0.3 is 19.5 Å². The molecule has 0 aliphatic carbocycles. The number of para-hydroxylation sites is 1. The van der Waals surface area contributed by atoms with Crippen LogP contribution in [-0.4, -0.2) is 45.9 Å². The van der Waals surface area contributed by atoms with E-state index in [2.05, 4.69) is 35.4 Å². The fraction of sp³-hybridized carbons (Fsp3) is 0.526. The highest BCUT2D eigenvalue weighted by Gasteiger charge is 2.25. The first-order valence-corrected chi connectivity index (χ1v) is 9.14. The lowest BCUT2D eigenvalue weighted by atomic mass is 9.89. The van der Waals surface area contributed by atoms with Gasteiger partial charge in [0.1, 0.15) is 12.1 Å². The molecule has 1 N–H and O–H groups in total. The Hall–Kier alpha value is -2.57. The molecule has 1 aliphatic heterocycles. The van der Waals surface area contributed by atoms with E-state index in [9.17, 15) is 4.79 Å². The van der Waals surface area contributed by atoms with Gasteiger partial charge in [-0.15, -0.1) is 10.2 Å². The highest BCUT2D eigenvalue weighted by atomic mass is 16.5. The molecule has 0 bridgehead atoms. The first kappa shape index (κ1) is 18.2. The lowest BCUT2D eigenvalue weighted by Gasteiger charge is -2.32. The predicted octanol–water partition coefficient (Wildman–Crippen LogP) is 2.96. The second kappa shape index (κ2) is 8.21. The van der Waals surface area contributed by atoms with Crippen molar-refractivity contribution >= 4 is 6.03 Å². The van der Waals surface area contributed by atoms with Gasteiger partial charge in [-0.05, 0) is 44.2 Å². The van der Waals surface area contributed by atoms with E-state index in [1.54, 1.807) is 13.4 Å². The van der Waals surface area contributed by atoms with Crippen LogP contribution in [0.5, 0.6) is 5.75 Å². The molecule has 0 spiro atoms. The molecule has 2 aromatic rings. The maximum atomic E-state index is 12.5. The molecule has 0 radical (unpaired) electrons. The van der Waals surface area contributed by atoms with E-state index in [4.69, 9.17) is 4.74 Å². The zero-order valence-corrected chi connectivity index (χ0v) is 15.7. The minimum Gasteiger partial charge on any atom is -0.496 e. The third kappa shape index (κ3) is 3.98. The highest BCUT2D eigenvalue weighted by Crippen LogP contribution is 2.33. The second-order valence-electron chi connectivity index (χ2n) is 6.91. The lowest BCUT2D eigenvalue weighted by molar-refractivity contribution is 0.180. The van der Waals surface area contributed by atoms with Crippen LogP contribution in [0.1, 0.15) is 50.0 Å². The quantitative estimate of drug-likeness (QED) is 0.893. The molecule has 2 amide bonds. The number of carbonyl (C=O) groups is 1. The number of aromatic nitrogens is 3. The number of nitrogens with one attached hydrogen (secondary N) is 1. The molecule has 2 heterocycles. The van der Waals surface area contributed by atoms with Crippen LogP contribution in [0.15, 0.2) is 30.6 Å². The normalized spacial score (nSPS) is 15.3. The number of ether oxygens (including phenoxy) is 1.